The van der Waals surface area contributed by atoms with Crippen LogP contribution in [0.5, 0.6) is 0 Å². The van der Waals surface area contributed by atoms with Crippen LogP contribution in [0.2, 0.25) is 0 Å². The van der Waals surface area contributed by atoms with Gasteiger partial charge in [0.25, 0.3) is 0 Å². The van der Waals surface area contributed by atoms with Crippen molar-refractivity contribution in [3.63, 3.8) is 0 Å². The maximum absolute atomic E-state index is 6.30. The van der Waals surface area contributed by atoms with E-state index in [0.29, 0.717) is 0 Å². The smallest absolute Gasteiger partial charge is 0.143 e. The van der Waals surface area contributed by atoms with Crippen molar-refractivity contribution in [2.24, 2.45) is 0 Å². The lowest BCUT2D eigenvalue weighted by atomic mass is 10.1. The van der Waals surface area contributed by atoms with Crippen LogP contribution < -0.4 is 5.32 Å². The van der Waals surface area contributed by atoms with Gasteiger partial charge in [-0.1, -0.05) is 48.5 Å². The summed E-state index contributed by atoms with van der Waals surface area (Å²) in [6.07, 6.45) is 0. The molecule has 0 saturated heterocycles. The summed E-state index contributed by atoms with van der Waals surface area (Å²) in [5.41, 5.74) is 5.56. The molecule has 0 aliphatic carbocycles. The van der Waals surface area contributed by atoms with Gasteiger partial charge in [0.15, 0.2) is 0 Å². The van der Waals surface area contributed by atoms with Crippen LogP contribution in [0, 0.1) is 0 Å². The Hall–Kier alpha value is -4.24. The molecule has 0 amide bonds. The first-order chi connectivity index (χ1) is 15.3. The lowest BCUT2D eigenvalue weighted by Crippen LogP contribution is -1.89. The number of hydrogen-bond donors (Lipinski definition) is 1. The molecular weight excluding hydrogens is 382 g/mol. The highest BCUT2D eigenvalue weighted by Gasteiger charge is 2.11. The third kappa shape index (κ3) is 2.47. The zero-order chi connectivity index (χ0) is 20.4. The topological polar surface area (TPSA) is 38.3 Å². The average molecular weight is 399 g/mol. The minimum absolute atomic E-state index is 0.876. The summed E-state index contributed by atoms with van der Waals surface area (Å²) >= 11 is 0. The lowest BCUT2D eigenvalue weighted by Gasteiger charge is -2.06. The molecule has 0 radical (unpaired) electrons. The van der Waals surface area contributed by atoms with Crippen LogP contribution in [0.3, 0.4) is 0 Å². The Kier molecular flexibility index (Phi) is 3.27. The fourth-order valence-electron chi connectivity index (χ4n) is 4.55. The van der Waals surface area contributed by atoms with Crippen molar-refractivity contribution in [1.82, 2.24) is 0 Å². The van der Waals surface area contributed by atoms with E-state index in [2.05, 4.69) is 78.1 Å². The van der Waals surface area contributed by atoms with Crippen LogP contribution in [0.15, 0.2) is 106 Å². The maximum Gasteiger partial charge on any atom is 0.143 e. The third-order valence-electron chi connectivity index (χ3n) is 6.03. The minimum atomic E-state index is 0.876. The van der Waals surface area contributed by atoms with Gasteiger partial charge in [0, 0.05) is 50.4 Å². The number of anilines is 2. The fraction of sp³-hybridized carbons (Fsp3) is 0. The van der Waals surface area contributed by atoms with Crippen molar-refractivity contribution in [2.75, 3.05) is 5.32 Å². The first-order valence-corrected chi connectivity index (χ1v) is 10.4. The van der Waals surface area contributed by atoms with Crippen molar-refractivity contribution in [3.05, 3.63) is 97.1 Å². The fourth-order valence-corrected chi connectivity index (χ4v) is 4.55. The van der Waals surface area contributed by atoms with Gasteiger partial charge < -0.3 is 14.2 Å². The Bertz CT molecular complexity index is 1770. The molecule has 0 unspecified atom stereocenters. The SMILES string of the molecule is c1ccc2c(c1)ccc1c3ccc(Nc4ccc5c(c4)oc4ccccc45)cc3oc21. The van der Waals surface area contributed by atoms with Gasteiger partial charge in [0.1, 0.15) is 22.3 Å². The van der Waals surface area contributed by atoms with E-state index in [4.69, 9.17) is 8.83 Å². The predicted octanol–water partition coefficient (Wildman–Crippen LogP) is 8.38. The molecule has 146 valence electrons. The molecule has 3 heteroatoms. The molecule has 0 fully saturated rings. The molecule has 0 aliphatic heterocycles. The summed E-state index contributed by atoms with van der Waals surface area (Å²) < 4.78 is 12.3. The van der Waals surface area contributed by atoms with Crippen molar-refractivity contribution in [1.29, 1.82) is 0 Å². The monoisotopic (exact) mass is 399 g/mol. The number of benzene rings is 5. The molecule has 31 heavy (non-hydrogen) atoms. The minimum Gasteiger partial charge on any atom is -0.456 e. The highest BCUT2D eigenvalue weighted by molar-refractivity contribution is 6.15. The second-order valence-electron chi connectivity index (χ2n) is 7.91. The molecule has 2 aromatic heterocycles. The quantitative estimate of drug-likeness (QED) is 0.317. The highest BCUT2D eigenvalue weighted by Crippen LogP contribution is 2.36. The summed E-state index contributed by atoms with van der Waals surface area (Å²) in [5.74, 6) is 0. The zero-order valence-corrected chi connectivity index (χ0v) is 16.6. The van der Waals surface area contributed by atoms with Crippen molar-refractivity contribution in [3.8, 4) is 0 Å². The number of fused-ring (bicyclic) bond motifs is 8. The van der Waals surface area contributed by atoms with Crippen molar-refractivity contribution < 1.29 is 8.83 Å². The largest absolute Gasteiger partial charge is 0.456 e. The summed E-state index contributed by atoms with van der Waals surface area (Å²) in [4.78, 5) is 0. The van der Waals surface area contributed by atoms with Crippen LogP contribution >= 0.6 is 0 Å². The molecule has 0 saturated carbocycles. The number of para-hydroxylation sites is 1. The van der Waals surface area contributed by atoms with E-state index in [1.165, 1.54) is 5.39 Å². The molecule has 1 N–H and O–H groups in total. The zero-order valence-electron chi connectivity index (χ0n) is 16.6. The second kappa shape index (κ2) is 6.13. The van der Waals surface area contributed by atoms with Crippen LogP contribution in [0.25, 0.3) is 54.6 Å². The van der Waals surface area contributed by atoms with Gasteiger partial charge in [-0.05, 0) is 41.8 Å². The first kappa shape index (κ1) is 16.5. The summed E-state index contributed by atoms with van der Waals surface area (Å²) in [6, 6.07) is 33.3. The van der Waals surface area contributed by atoms with Crippen LogP contribution in [0.4, 0.5) is 11.4 Å². The van der Waals surface area contributed by atoms with Gasteiger partial charge in [-0.3, -0.25) is 0 Å². The van der Waals surface area contributed by atoms with E-state index >= 15 is 0 Å². The van der Waals surface area contributed by atoms with Gasteiger partial charge in [-0.25, -0.2) is 0 Å². The van der Waals surface area contributed by atoms with Gasteiger partial charge in [0.2, 0.25) is 0 Å². The number of nitrogens with one attached hydrogen (secondary N) is 1. The third-order valence-corrected chi connectivity index (χ3v) is 6.03. The van der Waals surface area contributed by atoms with E-state index in [1.807, 2.05) is 24.3 Å². The lowest BCUT2D eigenvalue weighted by molar-refractivity contribution is 0.669. The Balaban J connectivity index is 1.32. The van der Waals surface area contributed by atoms with Gasteiger partial charge in [-0.2, -0.15) is 0 Å². The summed E-state index contributed by atoms with van der Waals surface area (Å²) in [6.45, 7) is 0. The maximum atomic E-state index is 6.30. The molecule has 5 aromatic carbocycles. The molecule has 2 heterocycles. The Morgan fingerprint density at radius 1 is 0.452 bits per heavy atom. The standard InChI is InChI=1S/C28H17NO2/c1-2-6-20-17(5-1)9-12-24-23-14-11-19(16-27(23)31-28(20)24)29-18-10-13-22-21-7-3-4-8-25(21)30-26(22)15-18/h1-16,29H. The number of furan rings is 2. The van der Waals surface area contributed by atoms with Crippen molar-refractivity contribution >= 4 is 66.0 Å². The Morgan fingerprint density at radius 3 is 1.90 bits per heavy atom. The molecular formula is C28H17NO2. The highest BCUT2D eigenvalue weighted by atomic mass is 16.3. The van der Waals surface area contributed by atoms with E-state index < -0.39 is 0 Å². The Morgan fingerprint density at radius 2 is 1.06 bits per heavy atom. The average Bonchev–Trinajstić information content (AvgIpc) is 3.36. The Labute approximate surface area is 177 Å². The summed E-state index contributed by atoms with van der Waals surface area (Å²) in [5, 5.41) is 10.4. The predicted molar refractivity (Wildman–Crippen MR) is 128 cm³/mol. The molecule has 0 atom stereocenters. The molecule has 0 spiro atoms. The van der Waals surface area contributed by atoms with Gasteiger partial charge in [-0.15, -0.1) is 0 Å². The molecule has 7 rings (SSSR count). The number of rotatable bonds is 2. The number of hydrogen-bond acceptors (Lipinski definition) is 3. The normalized spacial score (nSPS) is 11.9. The van der Waals surface area contributed by atoms with E-state index in [1.54, 1.807) is 0 Å². The second-order valence-corrected chi connectivity index (χ2v) is 7.91. The van der Waals surface area contributed by atoms with E-state index in [9.17, 15) is 0 Å². The van der Waals surface area contributed by atoms with Gasteiger partial charge in [0.05, 0.1) is 0 Å². The van der Waals surface area contributed by atoms with Crippen LogP contribution in [-0.2, 0) is 0 Å². The summed E-state index contributed by atoms with van der Waals surface area (Å²) in [7, 11) is 0. The van der Waals surface area contributed by atoms with E-state index in [-0.39, 0.29) is 0 Å². The molecule has 0 aliphatic rings. The van der Waals surface area contributed by atoms with Crippen LogP contribution in [0.1, 0.15) is 0 Å². The molecule has 3 nitrogen and oxygen atoms in total. The molecule has 7 aromatic rings. The van der Waals surface area contributed by atoms with Crippen molar-refractivity contribution in [2.45, 2.75) is 0 Å². The van der Waals surface area contributed by atoms with Gasteiger partial charge >= 0.3 is 0 Å². The van der Waals surface area contributed by atoms with E-state index in [0.717, 1.165) is 60.6 Å². The molecule has 0 bridgehead atoms. The van der Waals surface area contributed by atoms with Crippen LogP contribution in [-0.4, -0.2) is 0 Å². The first-order valence-electron chi connectivity index (χ1n) is 10.4.